The van der Waals surface area contributed by atoms with E-state index in [0.717, 1.165) is 19.3 Å². The summed E-state index contributed by atoms with van der Waals surface area (Å²) < 4.78 is 0. The molecular weight excluding hydrogens is 198 g/mol. The standard InChI is InChI=1S/C14H29NO/c1-4-13(16)7-5-10-15-11-6-8-14(2,3)9-12-15/h13,16H,4-12H2,1-3H3. The van der Waals surface area contributed by atoms with E-state index in [0.29, 0.717) is 5.41 Å². The normalized spacial score (nSPS) is 24.0. The second kappa shape index (κ2) is 6.61. The van der Waals surface area contributed by atoms with Crippen molar-refractivity contribution in [3.05, 3.63) is 0 Å². The molecule has 1 saturated heterocycles. The van der Waals surface area contributed by atoms with Gasteiger partial charge in [0.1, 0.15) is 0 Å². The molecule has 0 aromatic heterocycles. The molecule has 0 saturated carbocycles. The van der Waals surface area contributed by atoms with Crippen LogP contribution < -0.4 is 0 Å². The molecule has 0 aromatic carbocycles. The molecule has 96 valence electrons. The number of aliphatic hydroxyl groups is 1. The molecule has 1 rings (SSSR count). The molecule has 0 radical (unpaired) electrons. The van der Waals surface area contributed by atoms with Crippen molar-refractivity contribution >= 4 is 0 Å². The minimum Gasteiger partial charge on any atom is -0.393 e. The quantitative estimate of drug-likeness (QED) is 0.780. The van der Waals surface area contributed by atoms with Gasteiger partial charge in [-0.2, -0.15) is 0 Å². The van der Waals surface area contributed by atoms with Crippen LogP contribution in [0.4, 0.5) is 0 Å². The van der Waals surface area contributed by atoms with Crippen LogP contribution in [0.2, 0.25) is 0 Å². The summed E-state index contributed by atoms with van der Waals surface area (Å²) in [6, 6.07) is 0. The van der Waals surface area contributed by atoms with Gasteiger partial charge in [0, 0.05) is 0 Å². The fraction of sp³-hybridized carbons (Fsp3) is 1.00. The van der Waals surface area contributed by atoms with E-state index in [4.69, 9.17) is 0 Å². The molecule has 1 unspecified atom stereocenters. The van der Waals surface area contributed by atoms with E-state index in [9.17, 15) is 5.11 Å². The zero-order valence-corrected chi connectivity index (χ0v) is 11.3. The molecule has 0 amide bonds. The summed E-state index contributed by atoms with van der Waals surface area (Å²) >= 11 is 0. The van der Waals surface area contributed by atoms with Gasteiger partial charge in [0.25, 0.3) is 0 Å². The maximum atomic E-state index is 9.51. The van der Waals surface area contributed by atoms with Crippen molar-refractivity contribution in [1.29, 1.82) is 0 Å². The highest BCUT2D eigenvalue weighted by atomic mass is 16.3. The smallest absolute Gasteiger partial charge is 0.0538 e. The second-order valence-electron chi connectivity index (χ2n) is 6.06. The van der Waals surface area contributed by atoms with Crippen LogP contribution >= 0.6 is 0 Å². The first-order valence-electron chi connectivity index (χ1n) is 6.94. The Bertz CT molecular complexity index is 191. The lowest BCUT2D eigenvalue weighted by atomic mass is 9.85. The topological polar surface area (TPSA) is 23.5 Å². The number of aliphatic hydroxyl groups excluding tert-OH is 1. The summed E-state index contributed by atoms with van der Waals surface area (Å²) in [6.07, 6.45) is 6.95. The molecule has 0 aromatic rings. The molecule has 16 heavy (non-hydrogen) atoms. The van der Waals surface area contributed by atoms with Crippen LogP contribution in [0.15, 0.2) is 0 Å². The lowest BCUT2D eigenvalue weighted by molar-refractivity contribution is 0.149. The third kappa shape index (κ3) is 5.31. The SMILES string of the molecule is CCC(O)CCCN1CCCC(C)(C)CC1. The highest BCUT2D eigenvalue weighted by Gasteiger charge is 2.22. The number of nitrogens with zero attached hydrogens (tertiary/aromatic N) is 1. The van der Waals surface area contributed by atoms with Crippen molar-refractivity contribution in [2.24, 2.45) is 5.41 Å². The van der Waals surface area contributed by atoms with Gasteiger partial charge in [-0.25, -0.2) is 0 Å². The zero-order valence-electron chi connectivity index (χ0n) is 11.3. The average molecular weight is 227 g/mol. The fourth-order valence-electron chi connectivity index (χ4n) is 2.46. The molecule has 2 heteroatoms. The molecule has 1 aliphatic rings. The van der Waals surface area contributed by atoms with Crippen LogP contribution in [0.1, 0.15) is 59.3 Å². The zero-order chi connectivity index (χ0) is 12.0. The summed E-state index contributed by atoms with van der Waals surface area (Å²) in [5, 5.41) is 9.51. The van der Waals surface area contributed by atoms with E-state index in [1.807, 2.05) is 0 Å². The minimum absolute atomic E-state index is 0.0802. The van der Waals surface area contributed by atoms with E-state index in [1.165, 1.54) is 38.9 Å². The van der Waals surface area contributed by atoms with Gasteiger partial charge < -0.3 is 10.0 Å². The van der Waals surface area contributed by atoms with Crippen molar-refractivity contribution < 1.29 is 5.11 Å². The maximum absolute atomic E-state index is 9.51. The predicted octanol–water partition coefficient (Wildman–Crippen LogP) is 3.05. The number of hydrogen-bond donors (Lipinski definition) is 1. The molecule has 0 spiro atoms. The number of likely N-dealkylation sites (tertiary alicyclic amines) is 1. The first-order chi connectivity index (χ1) is 7.53. The molecule has 1 N–H and O–H groups in total. The monoisotopic (exact) mass is 227 g/mol. The minimum atomic E-state index is -0.0802. The van der Waals surface area contributed by atoms with Gasteiger partial charge in [-0.1, -0.05) is 20.8 Å². The first kappa shape index (κ1) is 14.0. The van der Waals surface area contributed by atoms with Crippen molar-refractivity contribution in [1.82, 2.24) is 4.90 Å². The molecule has 0 bridgehead atoms. The van der Waals surface area contributed by atoms with Gasteiger partial charge in [-0.05, 0) is 63.6 Å². The average Bonchev–Trinajstić information content (AvgIpc) is 2.40. The lowest BCUT2D eigenvalue weighted by Crippen LogP contribution is -2.27. The highest BCUT2D eigenvalue weighted by molar-refractivity contribution is 4.76. The van der Waals surface area contributed by atoms with Crippen molar-refractivity contribution in [3.63, 3.8) is 0 Å². The lowest BCUT2D eigenvalue weighted by Gasteiger charge is -2.23. The van der Waals surface area contributed by atoms with E-state index in [1.54, 1.807) is 0 Å². The Hall–Kier alpha value is -0.0800. The van der Waals surface area contributed by atoms with Crippen LogP contribution in [0.5, 0.6) is 0 Å². The van der Waals surface area contributed by atoms with Crippen molar-refractivity contribution in [3.8, 4) is 0 Å². The molecule has 1 heterocycles. The Kier molecular flexibility index (Phi) is 5.77. The Labute approximate surface area is 101 Å². The Morgan fingerprint density at radius 3 is 2.69 bits per heavy atom. The first-order valence-corrected chi connectivity index (χ1v) is 6.94. The van der Waals surface area contributed by atoms with Gasteiger partial charge in [-0.15, -0.1) is 0 Å². The molecule has 1 atom stereocenters. The summed E-state index contributed by atoms with van der Waals surface area (Å²) in [4.78, 5) is 2.58. The van der Waals surface area contributed by atoms with Gasteiger partial charge in [-0.3, -0.25) is 0 Å². The van der Waals surface area contributed by atoms with Gasteiger partial charge in [0.15, 0.2) is 0 Å². The third-order valence-corrected chi connectivity index (χ3v) is 3.92. The number of rotatable bonds is 5. The fourth-order valence-corrected chi connectivity index (χ4v) is 2.46. The van der Waals surface area contributed by atoms with Gasteiger partial charge in [0.2, 0.25) is 0 Å². The van der Waals surface area contributed by atoms with Crippen molar-refractivity contribution in [2.75, 3.05) is 19.6 Å². The Balaban J connectivity index is 2.18. The maximum Gasteiger partial charge on any atom is 0.0538 e. The van der Waals surface area contributed by atoms with Crippen LogP contribution in [0.25, 0.3) is 0 Å². The predicted molar refractivity (Wildman–Crippen MR) is 69.6 cm³/mol. The molecule has 1 fully saturated rings. The number of hydrogen-bond acceptors (Lipinski definition) is 2. The van der Waals surface area contributed by atoms with Crippen molar-refractivity contribution in [2.45, 2.75) is 65.4 Å². The van der Waals surface area contributed by atoms with Crippen LogP contribution in [-0.2, 0) is 0 Å². The largest absolute Gasteiger partial charge is 0.393 e. The summed E-state index contributed by atoms with van der Waals surface area (Å²) in [6.45, 7) is 10.5. The van der Waals surface area contributed by atoms with Crippen LogP contribution in [0, 0.1) is 5.41 Å². The van der Waals surface area contributed by atoms with Gasteiger partial charge in [0.05, 0.1) is 6.10 Å². The summed E-state index contributed by atoms with van der Waals surface area (Å²) in [5.74, 6) is 0. The van der Waals surface area contributed by atoms with Crippen LogP contribution in [0.3, 0.4) is 0 Å². The molecule has 2 nitrogen and oxygen atoms in total. The summed E-state index contributed by atoms with van der Waals surface area (Å²) in [7, 11) is 0. The second-order valence-corrected chi connectivity index (χ2v) is 6.06. The Morgan fingerprint density at radius 2 is 2.00 bits per heavy atom. The van der Waals surface area contributed by atoms with E-state index < -0.39 is 0 Å². The molecular formula is C14H29NO. The third-order valence-electron chi connectivity index (χ3n) is 3.92. The Morgan fingerprint density at radius 1 is 1.25 bits per heavy atom. The highest BCUT2D eigenvalue weighted by Crippen LogP contribution is 2.29. The van der Waals surface area contributed by atoms with E-state index in [2.05, 4.69) is 25.7 Å². The molecule has 1 aliphatic heterocycles. The van der Waals surface area contributed by atoms with E-state index in [-0.39, 0.29) is 6.10 Å². The van der Waals surface area contributed by atoms with E-state index >= 15 is 0 Å². The molecule has 0 aliphatic carbocycles. The van der Waals surface area contributed by atoms with Crippen LogP contribution in [-0.4, -0.2) is 35.7 Å². The van der Waals surface area contributed by atoms with Gasteiger partial charge >= 0.3 is 0 Å². The summed E-state index contributed by atoms with van der Waals surface area (Å²) in [5.41, 5.74) is 0.539.